The van der Waals surface area contributed by atoms with Crippen molar-refractivity contribution in [2.45, 2.75) is 89.1 Å². The molecule has 56 heavy (non-hydrogen) atoms. The molecule has 0 bridgehead atoms. The molecule has 0 saturated carbocycles. The van der Waals surface area contributed by atoms with Crippen LogP contribution in [0.3, 0.4) is 0 Å². The molecule has 8 rings (SSSR count). The minimum atomic E-state index is -1.25. The number of ether oxygens (including phenoxy) is 10. The van der Waals surface area contributed by atoms with Gasteiger partial charge in [0.25, 0.3) is 0 Å². The summed E-state index contributed by atoms with van der Waals surface area (Å²) in [7, 11) is 3.08. The van der Waals surface area contributed by atoms with E-state index in [1.165, 1.54) is 14.2 Å². The van der Waals surface area contributed by atoms with Gasteiger partial charge in [-0.05, 0) is 79.8 Å². The van der Waals surface area contributed by atoms with Crippen molar-refractivity contribution >= 4 is 17.7 Å². The zero-order valence-corrected chi connectivity index (χ0v) is 31.9. The van der Waals surface area contributed by atoms with Gasteiger partial charge in [0.05, 0.1) is 45.6 Å². The van der Waals surface area contributed by atoms with Crippen molar-refractivity contribution in [2.24, 2.45) is 11.8 Å². The number of esters is 1. The molecular weight excluding hydrogens is 730 g/mol. The Labute approximate surface area is 324 Å². The standard InChI is InChI=1S/C41H47NO14/c1-19(2)54-41(46)42-24-8-6-21(7-9-24)15-50-38-29(47-4)11-22(12-30(38)48-5)33-26-13-31-37(53-18-52-31)27(25(26)10-23-16-51-40(45)34(23)33)14-28-35(43)36(44)39-32(56-28)17-49-20(3)55-39/h6-9,11-13,19-20,23,28,32-36,39,43-44H,10,14-18H2,1-5H3,(H,42,46)/t20?,23-,28-,32+,33+,34?,35-,36+,39+/m0/s1. The van der Waals surface area contributed by atoms with Gasteiger partial charge in [-0.25, -0.2) is 4.79 Å². The minimum absolute atomic E-state index is 0.00333. The average molecular weight is 778 g/mol. The molecule has 3 N–H and O–H groups in total. The molecule has 3 fully saturated rings. The zero-order chi connectivity index (χ0) is 39.2. The second-order valence-electron chi connectivity index (χ2n) is 15.0. The molecule has 2 unspecified atom stereocenters. The maximum absolute atomic E-state index is 13.5. The van der Waals surface area contributed by atoms with Crippen LogP contribution in [0, 0.1) is 11.8 Å². The van der Waals surface area contributed by atoms with E-state index in [0.717, 1.165) is 27.8 Å². The Morgan fingerprint density at radius 2 is 1.71 bits per heavy atom. The summed E-state index contributed by atoms with van der Waals surface area (Å²) in [6.07, 6.45) is -5.15. The van der Waals surface area contributed by atoms with Crippen LogP contribution in [0.2, 0.25) is 0 Å². The number of anilines is 1. The van der Waals surface area contributed by atoms with E-state index in [0.29, 0.717) is 40.9 Å². The van der Waals surface area contributed by atoms with Gasteiger partial charge in [-0.2, -0.15) is 0 Å². The van der Waals surface area contributed by atoms with Crippen LogP contribution in [0.5, 0.6) is 28.7 Å². The molecule has 3 aromatic carbocycles. The molecule has 15 heteroatoms. The first-order chi connectivity index (χ1) is 27.0. The number of benzene rings is 3. The highest BCUT2D eigenvalue weighted by atomic mass is 16.7. The third kappa shape index (κ3) is 7.18. The highest BCUT2D eigenvalue weighted by molar-refractivity contribution is 5.84. The van der Waals surface area contributed by atoms with Gasteiger partial charge in [-0.3, -0.25) is 10.1 Å². The molecule has 300 valence electrons. The molecule has 4 aliphatic heterocycles. The molecule has 0 aromatic heterocycles. The Morgan fingerprint density at radius 3 is 2.43 bits per heavy atom. The predicted molar refractivity (Wildman–Crippen MR) is 196 cm³/mol. The largest absolute Gasteiger partial charge is 0.493 e. The van der Waals surface area contributed by atoms with Crippen molar-refractivity contribution in [2.75, 3.05) is 39.5 Å². The highest BCUT2D eigenvalue weighted by Crippen LogP contribution is 2.54. The normalized spacial score (nSPS) is 28.8. The molecule has 0 radical (unpaired) electrons. The SMILES string of the molecule is COc1cc([C@@H]2c3cc4c(c(C[C@@H]5O[C@@H]6COC(C)O[C@H]6[C@H](O)[C@H]5O)c3C[C@H]3COC(=O)C32)OCO4)cc(OC)c1OCc1ccc(NC(=O)OC(C)C)cc1. The lowest BCUT2D eigenvalue weighted by Crippen LogP contribution is -2.62. The van der Waals surface area contributed by atoms with Crippen LogP contribution in [0.25, 0.3) is 0 Å². The van der Waals surface area contributed by atoms with Crippen molar-refractivity contribution in [1.29, 1.82) is 0 Å². The number of nitrogens with one attached hydrogen (secondary N) is 1. The van der Waals surface area contributed by atoms with Crippen LogP contribution in [0.4, 0.5) is 10.5 Å². The van der Waals surface area contributed by atoms with Gasteiger partial charge in [-0.1, -0.05) is 12.1 Å². The van der Waals surface area contributed by atoms with Gasteiger partial charge in [-0.15, -0.1) is 0 Å². The quantitative estimate of drug-likeness (QED) is 0.249. The number of cyclic esters (lactones) is 1. The number of amides is 1. The molecule has 0 spiro atoms. The van der Waals surface area contributed by atoms with Crippen LogP contribution < -0.4 is 29.0 Å². The van der Waals surface area contributed by atoms with Gasteiger partial charge in [0, 0.05) is 29.5 Å². The lowest BCUT2D eigenvalue weighted by Gasteiger charge is -2.46. The maximum atomic E-state index is 13.5. The number of aliphatic hydroxyl groups is 2. The summed E-state index contributed by atoms with van der Waals surface area (Å²) in [5, 5.41) is 25.2. The minimum Gasteiger partial charge on any atom is -0.493 e. The number of rotatable bonds is 10. The van der Waals surface area contributed by atoms with E-state index in [1.807, 2.05) is 30.3 Å². The predicted octanol–water partition coefficient (Wildman–Crippen LogP) is 4.24. The Hall–Kier alpha value is -4.80. The molecule has 3 saturated heterocycles. The molecule has 3 aromatic rings. The lowest BCUT2D eigenvalue weighted by molar-refractivity contribution is -0.320. The van der Waals surface area contributed by atoms with Crippen molar-refractivity contribution in [3.8, 4) is 28.7 Å². The molecule has 5 aliphatic rings. The first-order valence-electron chi connectivity index (χ1n) is 18.9. The summed E-state index contributed by atoms with van der Waals surface area (Å²) >= 11 is 0. The van der Waals surface area contributed by atoms with E-state index < -0.39 is 54.7 Å². The number of aliphatic hydroxyl groups excluding tert-OH is 2. The van der Waals surface area contributed by atoms with Crippen LogP contribution >= 0.6 is 0 Å². The van der Waals surface area contributed by atoms with E-state index in [4.69, 9.17) is 47.4 Å². The Bertz CT molecular complexity index is 1920. The number of hydrogen-bond acceptors (Lipinski definition) is 14. The van der Waals surface area contributed by atoms with E-state index in [1.54, 1.807) is 32.9 Å². The first kappa shape index (κ1) is 38.1. The van der Waals surface area contributed by atoms with Gasteiger partial charge < -0.3 is 57.6 Å². The summed E-state index contributed by atoms with van der Waals surface area (Å²) in [4.78, 5) is 25.6. The average Bonchev–Trinajstić information content (AvgIpc) is 3.81. The van der Waals surface area contributed by atoms with Gasteiger partial charge in [0.2, 0.25) is 12.5 Å². The molecule has 9 atom stereocenters. The molecule has 15 nitrogen and oxygen atoms in total. The second-order valence-corrected chi connectivity index (χ2v) is 15.0. The second kappa shape index (κ2) is 15.6. The van der Waals surface area contributed by atoms with Crippen LogP contribution in [0.15, 0.2) is 42.5 Å². The Kier molecular flexibility index (Phi) is 10.6. The van der Waals surface area contributed by atoms with Crippen LogP contribution in [-0.2, 0) is 47.9 Å². The number of carbonyl (C=O) groups is 2. The smallest absolute Gasteiger partial charge is 0.411 e. The topological polar surface area (TPSA) is 179 Å². The van der Waals surface area contributed by atoms with Gasteiger partial charge >= 0.3 is 12.1 Å². The van der Waals surface area contributed by atoms with Gasteiger partial charge in [0.1, 0.15) is 31.0 Å². The number of methoxy groups -OCH3 is 2. The molecule has 1 amide bonds. The van der Waals surface area contributed by atoms with E-state index in [-0.39, 0.29) is 51.0 Å². The zero-order valence-electron chi connectivity index (χ0n) is 31.9. The van der Waals surface area contributed by atoms with Crippen molar-refractivity contribution in [1.82, 2.24) is 0 Å². The summed E-state index contributed by atoms with van der Waals surface area (Å²) in [6.45, 7) is 5.92. The van der Waals surface area contributed by atoms with Crippen molar-refractivity contribution < 1.29 is 67.2 Å². The maximum Gasteiger partial charge on any atom is 0.411 e. The molecule has 1 aliphatic carbocycles. The summed E-state index contributed by atoms with van der Waals surface area (Å²) in [5.74, 6) is 0.751. The number of fused-ring (bicyclic) bond motifs is 4. The number of carbonyl (C=O) groups excluding carboxylic acids is 2. The van der Waals surface area contributed by atoms with Crippen LogP contribution in [-0.4, -0.2) is 99.4 Å². The Balaban J connectivity index is 1.11. The van der Waals surface area contributed by atoms with Crippen molar-refractivity contribution in [3.05, 3.63) is 70.3 Å². The summed E-state index contributed by atoms with van der Waals surface area (Å²) in [5.41, 5.74) is 4.70. The molecule has 4 heterocycles. The fourth-order valence-corrected chi connectivity index (χ4v) is 8.53. The highest BCUT2D eigenvalue weighted by Gasteiger charge is 2.51. The van der Waals surface area contributed by atoms with Crippen molar-refractivity contribution in [3.63, 3.8) is 0 Å². The fourth-order valence-electron chi connectivity index (χ4n) is 8.53. The van der Waals surface area contributed by atoms with E-state index >= 15 is 0 Å². The van der Waals surface area contributed by atoms with Gasteiger partial charge in [0.15, 0.2) is 29.3 Å². The van der Waals surface area contributed by atoms with Crippen LogP contribution in [0.1, 0.15) is 54.5 Å². The molecular formula is C41H47NO14. The number of hydrogen-bond donors (Lipinski definition) is 3. The fraction of sp³-hybridized carbons (Fsp3) is 0.512. The summed E-state index contributed by atoms with van der Waals surface area (Å²) in [6, 6.07) is 12.8. The lowest BCUT2D eigenvalue weighted by atomic mass is 9.66. The third-order valence-corrected chi connectivity index (χ3v) is 11.1. The Morgan fingerprint density at radius 1 is 0.964 bits per heavy atom. The monoisotopic (exact) mass is 777 g/mol. The van der Waals surface area contributed by atoms with E-state index in [9.17, 15) is 19.8 Å². The van der Waals surface area contributed by atoms with E-state index in [2.05, 4.69) is 5.32 Å². The summed E-state index contributed by atoms with van der Waals surface area (Å²) < 4.78 is 58.7. The first-order valence-corrected chi connectivity index (χ1v) is 18.9. The third-order valence-electron chi connectivity index (χ3n) is 11.1.